The SMILES string of the molecule is CO/N=C(\C(=O)N[C@@H]1C(=O)N2C(C(=O)[O-])=C(C[n+]3ccn4c(CO)ccc4c3)CS[C@@H]12)c1nc(N)sc1Cl. The highest BCUT2D eigenvalue weighted by Gasteiger charge is 2.53. The Morgan fingerprint density at radius 1 is 1.45 bits per heavy atom. The smallest absolute Gasteiger partial charge is 0.276 e. The highest BCUT2D eigenvalue weighted by molar-refractivity contribution is 8.00. The molecule has 5 rings (SSSR count). The number of carboxylic acids is 1. The van der Waals surface area contributed by atoms with E-state index in [0.717, 1.165) is 27.4 Å². The minimum absolute atomic E-state index is 0.00846. The summed E-state index contributed by atoms with van der Waals surface area (Å²) >= 11 is 8.37. The number of thiazole rings is 1. The average Bonchev–Trinajstić information content (AvgIpc) is 3.46. The topological polar surface area (TPSA) is 179 Å². The van der Waals surface area contributed by atoms with Gasteiger partial charge < -0.3 is 35.3 Å². The lowest BCUT2D eigenvalue weighted by atomic mass is 10.0. The van der Waals surface area contributed by atoms with Crippen LogP contribution in [0.3, 0.4) is 0 Å². The molecule has 16 heteroatoms. The van der Waals surface area contributed by atoms with Crippen molar-refractivity contribution in [3.05, 3.63) is 57.7 Å². The first kappa shape index (κ1) is 26.0. The normalized spacial score (nSPS) is 19.4. The molecule has 3 aromatic rings. The van der Waals surface area contributed by atoms with Gasteiger partial charge in [0.15, 0.2) is 29.8 Å². The van der Waals surface area contributed by atoms with E-state index in [0.29, 0.717) is 11.3 Å². The summed E-state index contributed by atoms with van der Waals surface area (Å²) in [5.74, 6) is -2.58. The number of carbonyl (C=O) groups excluding carboxylic acids is 3. The van der Waals surface area contributed by atoms with Crippen LogP contribution in [-0.2, 0) is 32.4 Å². The lowest BCUT2D eigenvalue weighted by molar-refractivity contribution is -0.688. The van der Waals surface area contributed by atoms with Gasteiger partial charge in [-0.25, -0.2) is 4.98 Å². The zero-order valence-corrected chi connectivity index (χ0v) is 22.0. The van der Waals surface area contributed by atoms with Gasteiger partial charge in [0.2, 0.25) is 0 Å². The Hall–Kier alpha value is -3.66. The Morgan fingerprint density at radius 2 is 2.24 bits per heavy atom. The Morgan fingerprint density at radius 3 is 2.89 bits per heavy atom. The third kappa shape index (κ3) is 4.47. The van der Waals surface area contributed by atoms with Crippen molar-refractivity contribution >= 4 is 68.8 Å². The van der Waals surface area contributed by atoms with Gasteiger partial charge in [0.1, 0.15) is 34.1 Å². The number of hydrogen-bond acceptors (Lipinski definition) is 11. The zero-order chi connectivity index (χ0) is 27.1. The number of nitrogens with zero attached hydrogens (tertiary/aromatic N) is 5. The van der Waals surface area contributed by atoms with E-state index in [4.69, 9.17) is 22.2 Å². The van der Waals surface area contributed by atoms with E-state index in [1.54, 1.807) is 23.0 Å². The highest BCUT2D eigenvalue weighted by atomic mass is 35.5. The Bertz CT molecular complexity index is 1530. The second-order valence-electron chi connectivity index (χ2n) is 8.27. The Labute approximate surface area is 228 Å². The second kappa shape index (κ2) is 10.2. The van der Waals surface area contributed by atoms with Crippen molar-refractivity contribution in [2.75, 3.05) is 18.6 Å². The molecule has 2 aliphatic heterocycles. The molecule has 198 valence electrons. The Kier molecular flexibility index (Phi) is 7.00. The molecule has 0 unspecified atom stereocenters. The molecule has 1 saturated heterocycles. The summed E-state index contributed by atoms with van der Waals surface area (Å²) in [4.78, 5) is 48.0. The van der Waals surface area contributed by atoms with Gasteiger partial charge in [-0.3, -0.25) is 14.5 Å². The molecule has 38 heavy (non-hydrogen) atoms. The van der Waals surface area contributed by atoms with Crippen molar-refractivity contribution in [2.24, 2.45) is 5.16 Å². The van der Waals surface area contributed by atoms with Gasteiger partial charge in [-0.2, -0.15) is 4.57 Å². The number of nitrogens with one attached hydrogen (secondary N) is 1. The van der Waals surface area contributed by atoms with E-state index in [-0.39, 0.29) is 39.7 Å². The van der Waals surface area contributed by atoms with Crippen LogP contribution in [-0.4, -0.2) is 67.2 Å². The van der Waals surface area contributed by atoms with Crippen LogP contribution < -0.4 is 20.7 Å². The predicted molar refractivity (Wildman–Crippen MR) is 136 cm³/mol. The second-order valence-corrected chi connectivity index (χ2v) is 11.0. The minimum Gasteiger partial charge on any atom is -0.543 e. The maximum atomic E-state index is 13.1. The summed E-state index contributed by atoms with van der Waals surface area (Å²) in [6.45, 7) is 0.0863. The molecule has 0 saturated carbocycles. The number of hydrogen-bond donors (Lipinski definition) is 3. The van der Waals surface area contributed by atoms with E-state index in [1.807, 2.05) is 16.7 Å². The van der Waals surface area contributed by atoms with Gasteiger partial charge in [-0.05, 0) is 12.1 Å². The fourth-order valence-corrected chi connectivity index (χ4v) is 6.62. The molecule has 13 nitrogen and oxygen atoms in total. The number of aliphatic carboxylic acids is 1. The van der Waals surface area contributed by atoms with Gasteiger partial charge in [0.05, 0.1) is 24.5 Å². The number of nitrogen functional groups attached to an aromatic ring is 1. The number of oxime groups is 1. The van der Waals surface area contributed by atoms with Crippen LogP contribution >= 0.6 is 34.7 Å². The number of nitrogens with two attached hydrogens (primary N) is 1. The zero-order valence-electron chi connectivity index (χ0n) is 19.7. The molecular weight excluding hydrogens is 558 g/mol. The fourth-order valence-electron chi connectivity index (χ4n) is 4.36. The molecule has 0 bridgehead atoms. The summed E-state index contributed by atoms with van der Waals surface area (Å²) in [5, 5.41) is 27.3. The number of carboxylic acid groups (broad SMARTS) is 1. The van der Waals surface area contributed by atoms with Crippen molar-refractivity contribution in [1.29, 1.82) is 0 Å². The third-order valence-electron chi connectivity index (χ3n) is 6.03. The number of aliphatic hydroxyl groups excluding tert-OH is 1. The van der Waals surface area contributed by atoms with Gasteiger partial charge in [0, 0.05) is 17.0 Å². The van der Waals surface area contributed by atoms with E-state index in [9.17, 15) is 24.6 Å². The molecule has 5 heterocycles. The molecule has 0 spiro atoms. The van der Waals surface area contributed by atoms with Gasteiger partial charge >= 0.3 is 0 Å². The van der Waals surface area contributed by atoms with Crippen LogP contribution in [0.2, 0.25) is 4.34 Å². The number of halogens is 1. The molecule has 2 atom stereocenters. The summed E-state index contributed by atoms with van der Waals surface area (Å²) in [6, 6.07) is 2.61. The summed E-state index contributed by atoms with van der Waals surface area (Å²) in [5.41, 5.74) is 7.20. The third-order valence-corrected chi connectivity index (χ3v) is 8.45. The van der Waals surface area contributed by atoms with Crippen molar-refractivity contribution in [3.8, 4) is 0 Å². The largest absolute Gasteiger partial charge is 0.543 e. The summed E-state index contributed by atoms with van der Waals surface area (Å²) < 4.78 is 3.73. The monoisotopic (exact) mass is 577 g/mol. The van der Waals surface area contributed by atoms with Gasteiger partial charge in [0.25, 0.3) is 11.8 Å². The number of carbonyl (C=O) groups is 3. The Balaban J connectivity index is 1.36. The molecule has 0 aliphatic carbocycles. The number of β-lactam (4-membered cyclic amide) rings is 1. The maximum absolute atomic E-state index is 13.1. The van der Waals surface area contributed by atoms with E-state index >= 15 is 0 Å². The van der Waals surface area contributed by atoms with Gasteiger partial charge in [-0.15, -0.1) is 11.8 Å². The van der Waals surface area contributed by atoms with Crippen LogP contribution in [0.5, 0.6) is 0 Å². The van der Waals surface area contributed by atoms with Crippen LogP contribution in [0.1, 0.15) is 11.4 Å². The molecule has 2 aliphatic rings. The van der Waals surface area contributed by atoms with Crippen LogP contribution in [0.4, 0.5) is 5.13 Å². The molecule has 0 radical (unpaired) electrons. The molecule has 3 aromatic heterocycles. The first-order chi connectivity index (χ1) is 18.2. The minimum atomic E-state index is -1.48. The number of anilines is 1. The summed E-state index contributed by atoms with van der Waals surface area (Å²) in [6.07, 6.45) is 5.32. The van der Waals surface area contributed by atoms with E-state index in [1.165, 1.54) is 18.9 Å². The molecule has 1 fully saturated rings. The highest BCUT2D eigenvalue weighted by Crippen LogP contribution is 2.40. The number of fused-ring (bicyclic) bond motifs is 2. The average molecular weight is 578 g/mol. The van der Waals surface area contributed by atoms with Crippen LogP contribution in [0.15, 0.2) is 47.1 Å². The van der Waals surface area contributed by atoms with Crippen molar-refractivity contribution in [1.82, 2.24) is 19.6 Å². The van der Waals surface area contributed by atoms with Crippen molar-refractivity contribution < 1.29 is 34.0 Å². The number of aliphatic hydroxyl groups is 1. The van der Waals surface area contributed by atoms with E-state index in [2.05, 4.69) is 15.5 Å². The van der Waals surface area contributed by atoms with Crippen LogP contribution in [0.25, 0.3) is 5.52 Å². The molecule has 0 aromatic carbocycles. The van der Waals surface area contributed by atoms with E-state index < -0.39 is 29.2 Å². The number of rotatable bonds is 8. The summed E-state index contributed by atoms with van der Waals surface area (Å²) in [7, 11) is 1.24. The maximum Gasteiger partial charge on any atom is 0.276 e. The first-order valence-electron chi connectivity index (χ1n) is 11.1. The van der Waals surface area contributed by atoms with Gasteiger partial charge in [-0.1, -0.05) is 28.1 Å². The number of aromatic nitrogens is 3. The lowest BCUT2D eigenvalue weighted by Crippen LogP contribution is -2.71. The fraction of sp³-hybridized carbons (Fsp3) is 0.273. The predicted octanol–water partition coefficient (Wildman–Crippen LogP) is -1.13. The first-order valence-corrected chi connectivity index (χ1v) is 13.3. The quantitative estimate of drug-likeness (QED) is 0.129. The van der Waals surface area contributed by atoms with Crippen molar-refractivity contribution in [3.63, 3.8) is 0 Å². The standard InChI is InChI=1S/C22H20ClN7O6S2/c1-36-27-14(13-17(23)38-22(24)26-13)18(32)25-15-19(33)30-16(21(34)35)10(9-37-20(15)30)6-28-4-5-29-11(7-28)2-3-12(29)8-31/h2-5,7,15,20,31H,6,8-9H2,1H3,(H3-,24,25,26,32,34,35)/b27-14-/t15-,20+/m1/s1. The lowest BCUT2D eigenvalue weighted by Gasteiger charge is -2.50. The molecule has 4 N–H and O–H groups in total. The van der Waals surface area contributed by atoms with Crippen LogP contribution in [0, 0.1) is 0 Å². The molecule has 2 amide bonds. The number of amides is 2. The number of thioether (sulfide) groups is 1. The molecular formula is C22H20ClN7O6S2. The van der Waals surface area contributed by atoms with Crippen molar-refractivity contribution in [2.45, 2.75) is 24.6 Å².